The van der Waals surface area contributed by atoms with Crippen LogP contribution in [0.4, 0.5) is 4.39 Å². The van der Waals surface area contributed by atoms with Gasteiger partial charge in [-0.05, 0) is 46.5 Å². The van der Waals surface area contributed by atoms with Gasteiger partial charge in [0.15, 0.2) is 5.78 Å². The second-order valence-electron chi connectivity index (χ2n) is 5.11. The highest BCUT2D eigenvalue weighted by Gasteiger charge is 2.21. The summed E-state index contributed by atoms with van der Waals surface area (Å²) in [4.78, 5) is 24.1. The molecule has 0 aliphatic heterocycles. The molecule has 0 unspecified atom stereocenters. The highest BCUT2D eigenvalue weighted by molar-refractivity contribution is 9.10. The van der Waals surface area contributed by atoms with E-state index in [4.69, 9.17) is 0 Å². The van der Waals surface area contributed by atoms with Gasteiger partial charge >= 0.3 is 0 Å². The number of carbonyl (C=O) groups excluding carboxylic acids is 1. The maximum absolute atomic E-state index is 13.6. The monoisotopic (exact) mass is 349 g/mol. The van der Waals surface area contributed by atoms with E-state index in [2.05, 4.69) is 15.9 Å². The number of ketones is 1. The van der Waals surface area contributed by atoms with Crippen LogP contribution in [-0.2, 0) is 13.0 Å². The number of halogens is 2. The third-order valence-electron chi connectivity index (χ3n) is 3.77. The van der Waals surface area contributed by atoms with Gasteiger partial charge in [-0.25, -0.2) is 4.39 Å². The normalized spacial score (nSPS) is 14.1. The molecule has 0 bridgehead atoms. The molecule has 1 aromatic carbocycles. The molecule has 0 saturated heterocycles. The Balaban J connectivity index is 2.11. The van der Waals surface area contributed by atoms with Gasteiger partial charge in [-0.1, -0.05) is 12.1 Å². The lowest BCUT2D eigenvalue weighted by Crippen LogP contribution is -2.28. The smallest absolute Gasteiger partial charge is 0.251 e. The van der Waals surface area contributed by atoms with Gasteiger partial charge in [0.25, 0.3) is 5.56 Å². The van der Waals surface area contributed by atoms with Crippen LogP contribution in [0.5, 0.6) is 0 Å². The minimum atomic E-state index is -0.360. The number of hydrogen-bond acceptors (Lipinski definition) is 2. The van der Waals surface area contributed by atoms with E-state index in [0.29, 0.717) is 28.4 Å². The minimum Gasteiger partial charge on any atom is -0.307 e. The van der Waals surface area contributed by atoms with Crippen LogP contribution in [-0.4, -0.2) is 10.4 Å². The summed E-state index contributed by atoms with van der Waals surface area (Å²) in [6.07, 6.45) is 1.97. The second-order valence-corrected chi connectivity index (χ2v) is 5.90. The van der Waals surface area contributed by atoms with E-state index < -0.39 is 0 Å². The van der Waals surface area contributed by atoms with Gasteiger partial charge in [0.05, 0.1) is 11.0 Å². The fraction of sp³-hybridized carbons (Fsp3) is 0.250. The summed E-state index contributed by atoms with van der Waals surface area (Å²) in [6, 6.07) is 7.76. The molecule has 1 aliphatic carbocycles. The standard InChI is InChI=1S/C16H13BrFNO2/c17-16-10(3-1-4-12(16)18)9-19-13-5-2-6-14(20)11(13)7-8-15(19)21/h1,3-4,7-8H,2,5-6,9H2. The van der Waals surface area contributed by atoms with Gasteiger partial charge in [-0.15, -0.1) is 0 Å². The number of pyridine rings is 1. The molecular weight excluding hydrogens is 337 g/mol. The van der Waals surface area contributed by atoms with Crippen LogP contribution in [0, 0.1) is 5.82 Å². The van der Waals surface area contributed by atoms with Crippen LogP contribution >= 0.6 is 15.9 Å². The van der Waals surface area contributed by atoms with Gasteiger partial charge in [-0.3, -0.25) is 9.59 Å². The van der Waals surface area contributed by atoms with Crippen LogP contribution in [0.1, 0.15) is 34.5 Å². The molecule has 0 N–H and O–H groups in total. The minimum absolute atomic E-state index is 0.0725. The number of hydrogen-bond donors (Lipinski definition) is 0. The van der Waals surface area contributed by atoms with Gasteiger partial charge in [0, 0.05) is 23.7 Å². The zero-order chi connectivity index (χ0) is 15.0. The SMILES string of the molecule is O=C1CCCc2c1ccc(=O)n2Cc1cccc(F)c1Br. The summed E-state index contributed by atoms with van der Waals surface area (Å²) >= 11 is 3.21. The lowest BCUT2D eigenvalue weighted by atomic mass is 9.94. The van der Waals surface area contributed by atoms with Crippen molar-refractivity contribution in [3.05, 3.63) is 67.8 Å². The Morgan fingerprint density at radius 3 is 2.76 bits per heavy atom. The van der Waals surface area contributed by atoms with Crippen LogP contribution in [0.15, 0.2) is 39.6 Å². The molecule has 0 fully saturated rings. The molecule has 3 rings (SSSR count). The quantitative estimate of drug-likeness (QED) is 0.834. The molecule has 0 radical (unpaired) electrons. The topological polar surface area (TPSA) is 39.1 Å². The molecule has 1 heterocycles. The number of aromatic nitrogens is 1. The van der Waals surface area contributed by atoms with E-state index >= 15 is 0 Å². The molecule has 0 atom stereocenters. The van der Waals surface area contributed by atoms with E-state index in [-0.39, 0.29) is 23.7 Å². The van der Waals surface area contributed by atoms with Crippen molar-refractivity contribution in [3.63, 3.8) is 0 Å². The molecule has 108 valence electrons. The predicted molar refractivity (Wildman–Crippen MR) is 81.2 cm³/mol. The average molecular weight is 350 g/mol. The number of carbonyl (C=O) groups is 1. The van der Waals surface area contributed by atoms with Crippen molar-refractivity contribution < 1.29 is 9.18 Å². The number of benzene rings is 1. The molecule has 1 aromatic heterocycles. The van der Waals surface area contributed by atoms with Crippen molar-refractivity contribution in [2.75, 3.05) is 0 Å². The van der Waals surface area contributed by atoms with Gasteiger partial charge in [0.2, 0.25) is 0 Å². The van der Waals surface area contributed by atoms with Crippen LogP contribution in [0.2, 0.25) is 0 Å². The third-order valence-corrected chi connectivity index (χ3v) is 4.66. The lowest BCUT2D eigenvalue weighted by molar-refractivity contribution is 0.0970. The molecule has 0 spiro atoms. The highest BCUT2D eigenvalue weighted by atomic mass is 79.9. The second kappa shape index (κ2) is 5.56. The number of nitrogens with zero attached hydrogens (tertiary/aromatic N) is 1. The van der Waals surface area contributed by atoms with E-state index in [9.17, 15) is 14.0 Å². The Labute approximate surface area is 129 Å². The van der Waals surface area contributed by atoms with E-state index in [0.717, 1.165) is 12.1 Å². The van der Waals surface area contributed by atoms with Crippen LogP contribution in [0.25, 0.3) is 0 Å². The van der Waals surface area contributed by atoms with Crippen molar-refractivity contribution in [1.29, 1.82) is 0 Å². The third kappa shape index (κ3) is 2.58. The molecule has 3 nitrogen and oxygen atoms in total. The first-order valence-corrected chi connectivity index (χ1v) is 7.56. The Kier molecular flexibility index (Phi) is 3.76. The van der Waals surface area contributed by atoms with Crippen LogP contribution < -0.4 is 5.56 Å². The Bertz CT molecular complexity index is 782. The van der Waals surface area contributed by atoms with Crippen molar-refractivity contribution in [1.82, 2.24) is 4.57 Å². The Hall–Kier alpha value is -1.75. The zero-order valence-electron chi connectivity index (χ0n) is 11.2. The van der Waals surface area contributed by atoms with E-state index in [1.54, 1.807) is 22.8 Å². The molecule has 1 aliphatic rings. The summed E-state index contributed by atoms with van der Waals surface area (Å²) in [5.41, 5.74) is 1.89. The van der Waals surface area contributed by atoms with E-state index in [1.807, 2.05) is 0 Å². The van der Waals surface area contributed by atoms with E-state index in [1.165, 1.54) is 12.1 Å². The molecule has 0 saturated carbocycles. The fourth-order valence-electron chi connectivity index (χ4n) is 2.71. The van der Waals surface area contributed by atoms with Gasteiger partial charge < -0.3 is 4.57 Å². The first kappa shape index (κ1) is 14.2. The maximum atomic E-state index is 13.6. The summed E-state index contributed by atoms with van der Waals surface area (Å²) in [6.45, 7) is 0.258. The van der Waals surface area contributed by atoms with Crippen molar-refractivity contribution in [3.8, 4) is 0 Å². The predicted octanol–water partition coefficient (Wildman–Crippen LogP) is 3.32. The van der Waals surface area contributed by atoms with Crippen molar-refractivity contribution >= 4 is 21.7 Å². The highest BCUT2D eigenvalue weighted by Crippen LogP contribution is 2.24. The summed E-state index contributed by atoms with van der Waals surface area (Å²) in [5.74, 6) is -0.287. The largest absolute Gasteiger partial charge is 0.307 e. The van der Waals surface area contributed by atoms with Crippen molar-refractivity contribution in [2.24, 2.45) is 0 Å². The fourth-order valence-corrected chi connectivity index (χ4v) is 3.10. The molecular formula is C16H13BrFNO2. The number of Topliss-reactive ketones (excluding diaryl/α,β-unsaturated/α-hetero) is 1. The zero-order valence-corrected chi connectivity index (χ0v) is 12.8. The first-order chi connectivity index (χ1) is 10.1. The molecule has 0 amide bonds. The van der Waals surface area contributed by atoms with Crippen molar-refractivity contribution in [2.45, 2.75) is 25.8 Å². The first-order valence-electron chi connectivity index (χ1n) is 6.77. The summed E-state index contributed by atoms with van der Waals surface area (Å²) in [7, 11) is 0. The average Bonchev–Trinajstić information content (AvgIpc) is 2.47. The Morgan fingerprint density at radius 1 is 1.14 bits per heavy atom. The number of fused-ring (bicyclic) bond motifs is 1. The molecule has 2 aromatic rings. The van der Waals surface area contributed by atoms with Gasteiger partial charge in [-0.2, -0.15) is 0 Å². The summed E-state index contributed by atoms with van der Waals surface area (Å²) in [5, 5.41) is 0. The molecule has 5 heteroatoms. The lowest BCUT2D eigenvalue weighted by Gasteiger charge is -2.20. The molecule has 21 heavy (non-hydrogen) atoms. The Morgan fingerprint density at radius 2 is 1.95 bits per heavy atom. The summed E-state index contributed by atoms with van der Waals surface area (Å²) < 4.78 is 15.5. The van der Waals surface area contributed by atoms with Crippen LogP contribution in [0.3, 0.4) is 0 Å². The van der Waals surface area contributed by atoms with Gasteiger partial charge in [0.1, 0.15) is 5.82 Å². The maximum Gasteiger partial charge on any atom is 0.251 e. The number of rotatable bonds is 2.